The van der Waals surface area contributed by atoms with Crippen LogP contribution in [0.3, 0.4) is 0 Å². The fourth-order valence-electron chi connectivity index (χ4n) is 2.47. The van der Waals surface area contributed by atoms with Crippen molar-refractivity contribution in [2.24, 2.45) is 0 Å². The van der Waals surface area contributed by atoms with Crippen LogP contribution in [0.25, 0.3) is 5.65 Å². The first-order chi connectivity index (χ1) is 11.8. The van der Waals surface area contributed by atoms with Gasteiger partial charge in [-0.05, 0) is 29.8 Å². The van der Waals surface area contributed by atoms with Crippen molar-refractivity contribution in [3.8, 4) is 11.5 Å². The lowest BCUT2D eigenvalue weighted by Crippen LogP contribution is -2.35. The van der Waals surface area contributed by atoms with Gasteiger partial charge < -0.3 is 20.1 Å². The van der Waals surface area contributed by atoms with Gasteiger partial charge in [0.1, 0.15) is 0 Å². The average Bonchev–Trinajstić information content (AvgIpc) is 3.24. The third kappa shape index (κ3) is 2.81. The van der Waals surface area contributed by atoms with Gasteiger partial charge in [-0.2, -0.15) is 0 Å². The van der Waals surface area contributed by atoms with E-state index in [9.17, 15) is 4.79 Å². The van der Waals surface area contributed by atoms with E-state index in [1.54, 1.807) is 0 Å². The molecule has 0 saturated carbocycles. The number of hydrogen-bond acceptors (Lipinski definition) is 5. The number of rotatable bonds is 4. The Morgan fingerprint density at radius 1 is 1.08 bits per heavy atom. The molecule has 3 aromatic rings. The van der Waals surface area contributed by atoms with Crippen LogP contribution >= 0.6 is 0 Å². The molecule has 3 heterocycles. The molecular weight excluding hydrogens is 310 g/mol. The summed E-state index contributed by atoms with van der Waals surface area (Å²) in [6, 6.07) is 10.9. The van der Waals surface area contributed by atoms with Gasteiger partial charge in [0.15, 0.2) is 23.0 Å². The van der Waals surface area contributed by atoms with Gasteiger partial charge in [-0.25, -0.2) is 4.79 Å². The molecule has 2 amide bonds. The summed E-state index contributed by atoms with van der Waals surface area (Å²) in [6.45, 7) is 0.917. The number of ether oxygens (including phenoxy) is 2. The molecule has 0 bridgehead atoms. The molecule has 0 atom stereocenters. The minimum atomic E-state index is -0.277. The fraction of sp³-hybridized carbons (Fsp3) is 0.188. The van der Waals surface area contributed by atoms with Crippen LogP contribution in [0, 0.1) is 0 Å². The Kier molecular flexibility index (Phi) is 3.62. The molecule has 1 aromatic carbocycles. The Bertz CT molecular complexity index is 892. The van der Waals surface area contributed by atoms with Gasteiger partial charge in [0, 0.05) is 12.7 Å². The molecule has 0 spiro atoms. The molecule has 0 saturated heterocycles. The second kappa shape index (κ2) is 6.07. The van der Waals surface area contributed by atoms with E-state index in [1.165, 1.54) is 0 Å². The highest BCUT2D eigenvalue weighted by Crippen LogP contribution is 2.32. The van der Waals surface area contributed by atoms with Crippen LogP contribution in [-0.4, -0.2) is 27.4 Å². The predicted molar refractivity (Wildman–Crippen MR) is 84.6 cm³/mol. The molecule has 8 nitrogen and oxygen atoms in total. The lowest BCUT2D eigenvalue weighted by molar-refractivity contribution is 0.174. The molecule has 1 aliphatic heterocycles. The van der Waals surface area contributed by atoms with Crippen molar-refractivity contribution >= 4 is 11.7 Å². The standard InChI is InChI=1S/C16H15N5O3/c22-16(17-8-11-4-5-12-13(7-11)24-10-23-12)18-9-15-20-19-14-3-1-2-6-21(14)15/h1-7H,8-10H2,(H2,17,18,22). The largest absolute Gasteiger partial charge is 0.454 e. The van der Waals surface area contributed by atoms with Crippen LogP contribution in [0.1, 0.15) is 11.4 Å². The highest BCUT2D eigenvalue weighted by Gasteiger charge is 2.13. The zero-order chi connectivity index (χ0) is 16.4. The van der Waals surface area contributed by atoms with Crippen LogP contribution in [0.5, 0.6) is 11.5 Å². The first kappa shape index (κ1) is 14.3. The van der Waals surface area contributed by atoms with Crippen molar-refractivity contribution in [2.45, 2.75) is 13.1 Å². The van der Waals surface area contributed by atoms with E-state index < -0.39 is 0 Å². The lowest BCUT2D eigenvalue weighted by atomic mass is 10.2. The number of nitrogens with zero attached hydrogens (tertiary/aromatic N) is 3. The van der Waals surface area contributed by atoms with Gasteiger partial charge in [-0.1, -0.05) is 12.1 Å². The first-order valence-electron chi connectivity index (χ1n) is 7.48. The van der Waals surface area contributed by atoms with E-state index in [-0.39, 0.29) is 19.4 Å². The number of carbonyl (C=O) groups is 1. The van der Waals surface area contributed by atoms with Gasteiger partial charge in [0.05, 0.1) is 6.54 Å². The Hall–Kier alpha value is -3.29. The number of hydrogen-bond donors (Lipinski definition) is 2. The third-order valence-corrected chi connectivity index (χ3v) is 3.68. The van der Waals surface area contributed by atoms with Gasteiger partial charge in [-0.15, -0.1) is 10.2 Å². The van der Waals surface area contributed by atoms with Crippen LogP contribution in [0.15, 0.2) is 42.6 Å². The zero-order valence-electron chi connectivity index (χ0n) is 12.7. The van der Waals surface area contributed by atoms with Gasteiger partial charge in [0.25, 0.3) is 0 Å². The van der Waals surface area contributed by atoms with E-state index in [4.69, 9.17) is 9.47 Å². The highest BCUT2D eigenvalue weighted by atomic mass is 16.7. The second-order valence-electron chi connectivity index (χ2n) is 5.27. The molecule has 0 aliphatic carbocycles. The molecule has 122 valence electrons. The lowest BCUT2D eigenvalue weighted by Gasteiger charge is -2.07. The minimum absolute atomic E-state index is 0.235. The summed E-state index contributed by atoms with van der Waals surface area (Å²) < 4.78 is 12.4. The van der Waals surface area contributed by atoms with Gasteiger partial charge in [0.2, 0.25) is 6.79 Å². The van der Waals surface area contributed by atoms with Crippen molar-refractivity contribution in [1.29, 1.82) is 0 Å². The SMILES string of the molecule is O=C(NCc1ccc2c(c1)OCO2)NCc1nnc2ccccn12. The Labute approximate surface area is 137 Å². The number of benzene rings is 1. The number of aromatic nitrogens is 3. The van der Waals surface area contributed by atoms with E-state index in [0.717, 1.165) is 17.0 Å². The molecule has 2 N–H and O–H groups in total. The minimum Gasteiger partial charge on any atom is -0.454 e. The topological polar surface area (TPSA) is 89.8 Å². The van der Waals surface area contributed by atoms with Crippen LogP contribution in [0.2, 0.25) is 0 Å². The summed E-state index contributed by atoms with van der Waals surface area (Å²) in [4.78, 5) is 11.9. The van der Waals surface area contributed by atoms with Crippen molar-refractivity contribution in [2.75, 3.05) is 6.79 Å². The number of carbonyl (C=O) groups excluding carboxylic acids is 1. The second-order valence-corrected chi connectivity index (χ2v) is 5.27. The number of fused-ring (bicyclic) bond motifs is 2. The zero-order valence-corrected chi connectivity index (χ0v) is 12.7. The van der Waals surface area contributed by atoms with Crippen molar-refractivity contribution in [3.63, 3.8) is 0 Å². The van der Waals surface area contributed by atoms with E-state index >= 15 is 0 Å². The summed E-state index contributed by atoms with van der Waals surface area (Å²) in [5, 5.41) is 13.7. The Morgan fingerprint density at radius 2 is 1.96 bits per heavy atom. The maximum Gasteiger partial charge on any atom is 0.315 e. The molecule has 0 unspecified atom stereocenters. The Morgan fingerprint density at radius 3 is 2.92 bits per heavy atom. The maximum atomic E-state index is 11.9. The monoisotopic (exact) mass is 325 g/mol. The van der Waals surface area contributed by atoms with E-state index in [1.807, 2.05) is 47.0 Å². The van der Waals surface area contributed by atoms with Gasteiger partial charge >= 0.3 is 6.03 Å². The summed E-state index contributed by atoms with van der Waals surface area (Å²) >= 11 is 0. The molecule has 1 aliphatic rings. The maximum absolute atomic E-state index is 11.9. The summed E-state index contributed by atoms with van der Waals surface area (Å²) in [7, 11) is 0. The van der Waals surface area contributed by atoms with Crippen LogP contribution < -0.4 is 20.1 Å². The van der Waals surface area contributed by atoms with Crippen LogP contribution in [-0.2, 0) is 13.1 Å². The smallest absolute Gasteiger partial charge is 0.315 e. The molecule has 8 heteroatoms. The first-order valence-corrected chi connectivity index (χ1v) is 7.48. The molecule has 0 fully saturated rings. The van der Waals surface area contributed by atoms with E-state index in [2.05, 4.69) is 20.8 Å². The molecule has 24 heavy (non-hydrogen) atoms. The number of nitrogens with one attached hydrogen (secondary N) is 2. The average molecular weight is 325 g/mol. The summed E-state index contributed by atoms with van der Waals surface area (Å²) in [5.74, 6) is 2.09. The molecular formula is C16H15N5O3. The quantitative estimate of drug-likeness (QED) is 0.758. The van der Waals surface area contributed by atoms with Crippen molar-refractivity contribution < 1.29 is 14.3 Å². The third-order valence-electron chi connectivity index (χ3n) is 3.68. The summed E-state index contributed by atoms with van der Waals surface area (Å²) in [5.41, 5.74) is 1.68. The van der Waals surface area contributed by atoms with Crippen molar-refractivity contribution in [3.05, 3.63) is 54.0 Å². The number of amides is 2. The van der Waals surface area contributed by atoms with Crippen molar-refractivity contribution in [1.82, 2.24) is 25.2 Å². The van der Waals surface area contributed by atoms with Gasteiger partial charge in [-0.3, -0.25) is 4.40 Å². The molecule has 4 rings (SSSR count). The normalized spacial score (nSPS) is 12.3. The van der Waals surface area contributed by atoms with Crippen LogP contribution in [0.4, 0.5) is 4.79 Å². The number of pyridine rings is 1. The molecule has 2 aromatic heterocycles. The highest BCUT2D eigenvalue weighted by molar-refractivity contribution is 5.73. The molecule has 0 radical (unpaired) electrons. The van der Waals surface area contributed by atoms with E-state index in [0.29, 0.717) is 18.1 Å². The number of urea groups is 1. The fourth-order valence-corrected chi connectivity index (χ4v) is 2.47. The Balaban J connectivity index is 1.32. The summed E-state index contributed by atoms with van der Waals surface area (Å²) in [6.07, 6.45) is 1.86. The predicted octanol–water partition coefficient (Wildman–Crippen LogP) is 1.46.